The summed E-state index contributed by atoms with van der Waals surface area (Å²) >= 11 is 0. The van der Waals surface area contributed by atoms with Gasteiger partial charge in [0, 0.05) is 31.2 Å². The highest BCUT2D eigenvalue weighted by atomic mass is 15.4. The van der Waals surface area contributed by atoms with E-state index in [4.69, 9.17) is 0 Å². The molecule has 1 atom stereocenters. The van der Waals surface area contributed by atoms with Crippen LogP contribution in [0.5, 0.6) is 0 Å². The second-order valence-electron chi connectivity index (χ2n) is 5.42. The number of nitrogens with one attached hydrogen (secondary N) is 3. The van der Waals surface area contributed by atoms with Crippen LogP contribution in [0.25, 0.3) is 0 Å². The van der Waals surface area contributed by atoms with Gasteiger partial charge in [0.2, 0.25) is 0 Å². The van der Waals surface area contributed by atoms with Gasteiger partial charge in [0.05, 0.1) is 12.2 Å². The summed E-state index contributed by atoms with van der Waals surface area (Å²) < 4.78 is 2.11. The third kappa shape index (κ3) is 2.17. The Bertz CT molecular complexity index is 376. The average Bonchev–Trinajstić information content (AvgIpc) is 2.83. The molecule has 1 aromatic heterocycles. The van der Waals surface area contributed by atoms with E-state index >= 15 is 0 Å². The Kier molecular flexibility index (Phi) is 2.80. The van der Waals surface area contributed by atoms with Gasteiger partial charge >= 0.3 is 0 Å². The molecule has 2 aliphatic rings. The summed E-state index contributed by atoms with van der Waals surface area (Å²) in [4.78, 5) is 0. The molecule has 2 saturated heterocycles. The highest BCUT2D eigenvalue weighted by Gasteiger charge is 2.28. The molecule has 17 heavy (non-hydrogen) atoms. The summed E-state index contributed by atoms with van der Waals surface area (Å²) in [6, 6.07) is 2.59. The predicted molar refractivity (Wildman–Crippen MR) is 68.3 cm³/mol. The summed E-state index contributed by atoms with van der Waals surface area (Å²) in [6.45, 7) is 6.47. The largest absolute Gasteiger partial charge is 0.368 e. The van der Waals surface area contributed by atoms with Crippen LogP contribution in [0.4, 0.5) is 5.82 Å². The molecule has 2 fully saturated rings. The fraction of sp³-hybridized carbons (Fsp3) is 0.750. The second-order valence-corrected chi connectivity index (χ2v) is 5.42. The second kappa shape index (κ2) is 4.31. The zero-order valence-corrected chi connectivity index (χ0v) is 10.4. The van der Waals surface area contributed by atoms with Gasteiger partial charge in [-0.15, -0.1) is 0 Å². The molecule has 3 N–H and O–H groups in total. The standard InChI is InChI=1S/C12H21N5/c1-12(4-2-5-15-12)9-14-11-3-6-16-17(11)10-7-13-8-10/h3,6,10,13-15H,2,4-5,7-9H2,1H3/t12-/m0/s1. The van der Waals surface area contributed by atoms with Crippen molar-refractivity contribution in [3.63, 3.8) is 0 Å². The van der Waals surface area contributed by atoms with E-state index < -0.39 is 0 Å². The molecular weight excluding hydrogens is 214 g/mol. The van der Waals surface area contributed by atoms with Crippen LogP contribution in [0, 0.1) is 0 Å². The van der Waals surface area contributed by atoms with Crippen LogP contribution in [0.1, 0.15) is 25.8 Å². The molecule has 0 aliphatic carbocycles. The SMILES string of the molecule is C[C@@]1(CNc2ccnn2C2CNC2)CCCN1. The minimum Gasteiger partial charge on any atom is -0.368 e. The first kappa shape index (κ1) is 11.0. The Morgan fingerprint density at radius 3 is 3.12 bits per heavy atom. The minimum atomic E-state index is 0.243. The van der Waals surface area contributed by atoms with Gasteiger partial charge in [-0.3, -0.25) is 0 Å². The number of anilines is 1. The summed E-state index contributed by atoms with van der Waals surface area (Å²) in [5, 5.41) is 14.8. The Labute approximate surface area is 102 Å². The van der Waals surface area contributed by atoms with Gasteiger partial charge in [-0.1, -0.05) is 0 Å². The number of rotatable bonds is 4. The zero-order chi connectivity index (χ0) is 11.7. The lowest BCUT2D eigenvalue weighted by molar-refractivity contribution is 0.320. The summed E-state index contributed by atoms with van der Waals surface area (Å²) in [6.07, 6.45) is 4.41. The summed E-state index contributed by atoms with van der Waals surface area (Å²) in [5.74, 6) is 1.14. The van der Waals surface area contributed by atoms with E-state index in [9.17, 15) is 0 Å². The number of hydrogen-bond acceptors (Lipinski definition) is 4. The molecule has 3 rings (SSSR count). The van der Waals surface area contributed by atoms with Crippen LogP contribution in [0.2, 0.25) is 0 Å². The highest BCUT2D eigenvalue weighted by Crippen LogP contribution is 2.21. The first-order valence-corrected chi connectivity index (χ1v) is 6.50. The first-order chi connectivity index (χ1) is 8.27. The molecule has 0 saturated carbocycles. The number of hydrogen-bond donors (Lipinski definition) is 3. The van der Waals surface area contributed by atoms with Crippen LogP contribution < -0.4 is 16.0 Å². The van der Waals surface area contributed by atoms with Crippen molar-refractivity contribution in [3.05, 3.63) is 12.3 Å². The molecule has 0 amide bonds. The van der Waals surface area contributed by atoms with E-state index in [1.165, 1.54) is 12.8 Å². The fourth-order valence-corrected chi connectivity index (χ4v) is 2.59. The molecule has 0 unspecified atom stereocenters. The van der Waals surface area contributed by atoms with Crippen molar-refractivity contribution in [2.24, 2.45) is 0 Å². The molecule has 0 aromatic carbocycles. The average molecular weight is 235 g/mol. The van der Waals surface area contributed by atoms with E-state index in [-0.39, 0.29) is 5.54 Å². The number of aromatic nitrogens is 2. The van der Waals surface area contributed by atoms with E-state index in [0.717, 1.165) is 32.0 Å². The van der Waals surface area contributed by atoms with Gasteiger partial charge in [-0.25, -0.2) is 4.68 Å². The maximum atomic E-state index is 4.40. The van der Waals surface area contributed by atoms with Crippen molar-refractivity contribution in [1.82, 2.24) is 20.4 Å². The maximum absolute atomic E-state index is 4.40. The third-order valence-corrected chi connectivity index (χ3v) is 3.89. The van der Waals surface area contributed by atoms with Crippen LogP contribution in [-0.4, -0.2) is 41.5 Å². The molecule has 3 heterocycles. The Balaban J connectivity index is 1.62. The van der Waals surface area contributed by atoms with Gasteiger partial charge in [0.25, 0.3) is 0 Å². The first-order valence-electron chi connectivity index (χ1n) is 6.50. The Morgan fingerprint density at radius 1 is 1.59 bits per heavy atom. The van der Waals surface area contributed by atoms with Crippen LogP contribution >= 0.6 is 0 Å². The van der Waals surface area contributed by atoms with Gasteiger partial charge in [-0.05, 0) is 26.3 Å². The van der Waals surface area contributed by atoms with E-state index in [0.29, 0.717) is 6.04 Å². The molecule has 1 aromatic rings. The lowest BCUT2D eigenvalue weighted by atomic mass is 10.0. The van der Waals surface area contributed by atoms with Crippen molar-refractivity contribution in [2.45, 2.75) is 31.3 Å². The van der Waals surface area contributed by atoms with Crippen LogP contribution in [0.15, 0.2) is 12.3 Å². The van der Waals surface area contributed by atoms with Crippen molar-refractivity contribution in [1.29, 1.82) is 0 Å². The quantitative estimate of drug-likeness (QED) is 0.714. The lowest BCUT2D eigenvalue weighted by Gasteiger charge is -2.30. The smallest absolute Gasteiger partial charge is 0.124 e. The van der Waals surface area contributed by atoms with Crippen molar-refractivity contribution >= 4 is 5.82 Å². The van der Waals surface area contributed by atoms with Crippen molar-refractivity contribution in [2.75, 3.05) is 31.5 Å². The predicted octanol–water partition coefficient (Wildman–Crippen LogP) is 0.581. The van der Waals surface area contributed by atoms with Gasteiger partial charge in [0.1, 0.15) is 5.82 Å². The maximum Gasteiger partial charge on any atom is 0.124 e. The van der Waals surface area contributed by atoms with Crippen LogP contribution in [0.3, 0.4) is 0 Å². The minimum absolute atomic E-state index is 0.243. The van der Waals surface area contributed by atoms with Gasteiger partial charge in [-0.2, -0.15) is 5.10 Å². The van der Waals surface area contributed by atoms with Crippen molar-refractivity contribution in [3.8, 4) is 0 Å². The molecule has 0 bridgehead atoms. The molecular formula is C12H21N5. The van der Waals surface area contributed by atoms with Crippen molar-refractivity contribution < 1.29 is 0 Å². The van der Waals surface area contributed by atoms with Gasteiger partial charge < -0.3 is 16.0 Å². The van der Waals surface area contributed by atoms with Crippen LogP contribution in [-0.2, 0) is 0 Å². The topological polar surface area (TPSA) is 53.9 Å². The van der Waals surface area contributed by atoms with Gasteiger partial charge in [0.15, 0.2) is 0 Å². The molecule has 0 radical (unpaired) electrons. The normalized spacial score (nSPS) is 29.2. The molecule has 5 nitrogen and oxygen atoms in total. The molecule has 5 heteroatoms. The monoisotopic (exact) mass is 235 g/mol. The zero-order valence-electron chi connectivity index (χ0n) is 10.4. The molecule has 0 spiro atoms. The summed E-state index contributed by atoms with van der Waals surface area (Å²) in [5.41, 5.74) is 0.243. The summed E-state index contributed by atoms with van der Waals surface area (Å²) in [7, 11) is 0. The highest BCUT2D eigenvalue weighted by molar-refractivity contribution is 5.35. The Morgan fingerprint density at radius 2 is 2.47 bits per heavy atom. The molecule has 94 valence electrons. The number of nitrogens with zero attached hydrogens (tertiary/aromatic N) is 2. The lowest BCUT2D eigenvalue weighted by Crippen LogP contribution is -2.45. The third-order valence-electron chi connectivity index (χ3n) is 3.89. The molecule has 2 aliphatic heterocycles. The fourth-order valence-electron chi connectivity index (χ4n) is 2.59. The Hall–Kier alpha value is -1.07. The van der Waals surface area contributed by atoms with E-state index in [2.05, 4.69) is 38.7 Å². The van der Waals surface area contributed by atoms with E-state index in [1.807, 2.05) is 6.20 Å². The van der Waals surface area contributed by atoms with E-state index in [1.54, 1.807) is 0 Å².